The molecule has 1 saturated carbocycles. The van der Waals surface area contributed by atoms with Crippen LogP contribution >= 0.6 is 15.9 Å². The molecule has 1 aromatic carbocycles. The van der Waals surface area contributed by atoms with Gasteiger partial charge in [-0.1, -0.05) is 12.1 Å². The maximum atomic E-state index is 11.0. The molecule has 0 spiro atoms. The van der Waals surface area contributed by atoms with Crippen molar-refractivity contribution in [1.82, 2.24) is 20.1 Å². The number of halogens is 1. The molecule has 3 rings (SSSR count). The zero-order valence-electron chi connectivity index (χ0n) is 11.2. The first-order valence-corrected chi connectivity index (χ1v) is 7.46. The van der Waals surface area contributed by atoms with Gasteiger partial charge >= 0.3 is 0 Å². The van der Waals surface area contributed by atoms with Crippen LogP contribution in [0.25, 0.3) is 0 Å². The van der Waals surface area contributed by atoms with Crippen LogP contribution in [-0.4, -0.2) is 25.7 Å². The minimum Gasteiger partial charge on any atom is -0.307 e. The molecular weight excluding hydrogens is 338 g/mol. The van der Waals surface area contributed by atoms with Gasteiger partial charge in [0.05, 0.1) is 18.0 Å². The quantitative estimate of drug-likeness (QED) is 0.637. The van der Waals surface area contributed by atoms with E-state index in [9.17, 15) is 10.1 Å². The number of benzene rings is 1. The van der Waals surface area contributed by atoms with Crippen LogP contribution in [0.5, 0.6) is 0 Å². The minimum absolute atomic E-state index is 0.0604. The average molecular weight is 352 g/mol. The molecule has 0 aliphatic heterocycles. The lowest BCUT2D eigenvalue weighted by Gasteiger charge is -2.08. The van der Waals surface area contributed by atoms with Crippen LogP contribution in [0.4, 0.5) is 5.69 Å². The normalized spacial score (nSPS) is 14.3. The Morgan fingerprint density at radius 3 is 3.00 bits per heavy atom. The van der Waals surface area contributed by atoms with Gasteiger partial charge in [0.1, 0.15) is 16.6 Å². The first kappa shape index (κ1) is 14.2. The molecule has 0 atom stereocenters. The van der Waals surface area contributed by atoms with Crippen LogP contribution < -0.4 is 5.32 Å². The predicted molar refractivity (Wildman–Crippen MR) is 79.8 cm³/mol. The van der Waals surface area contributed by atoms with E-state index in [1.165, 1.54) is 25.2 Å². The van der Waals surface area contributed by atoms with E-state index < -0.39 is 4.92 Å². The Hall–Kier alpha value is -1.80. The molecule has 1 heterocycles. The number of hydrogen-bond donors (Lipinski definition) is 1. The van der Waals surface area contributed by atoms with Gasteiger partial charge in [-0.25, -0.2) is 9.67 Å². The third-order valence-electron chi connectivity index (χ3n) is 3.40. The van der Waals surface area contributed by atoms with Crippen LogP contribution in [0.15, 0.2) is 29.0 Å². The highest BCUT2D eigenvalue weighted by Crippen LogP contribution is 2.28. The van der Waals surface area contributed by atoms with Gasteiger partial charge in [0, 0.05) is 12.1 Å². The zero-order chi connectivity index (χ0) is 14.8. The number of nitro groups is 1. The smallest absolute Gasteiger partial charge is 0.283 e. The van der Waals surface area contributed by atoms with E-state index in [2.05, 4.69) is 31.3 Å². The van der Waals surface area contributed by atoms with Crippen molar-refractivity contribution in [2.24, 2.45) is 0 Å². The molecule has 1 aliphatic rings. The van der Waals surface area contributed by atoms with Gasteiger partial charge in [0.25, 0.3) is 5.69 Å². The second kappa shape index (κ2) is 5.90. The van der Waals surface area contributed by atoms with Gasteiger partial charge in [-0.05, 0) is 34.3 Å². The Kier molecular flexibility index (Phi) is 3.98. The highest BCUT2D eigenvalue weighted by Gasteiger charge is 2.21. The Bertz CT molecular complexity index is 668. The summed E-state index contributed by atoms with van der Waals surface area (Å²) in [5.41, 5.74) is 0.868. The topological polar surface area (TPSA) is 85.9 Å². The first-order valence-electron chi connectivity index (χ1n) is 6.67. The summed E-state index contributed by atoms with van der Waals surface area (Å²) in [6.45, 7) is 1.11. The van der Waals surface area contributed by atoms with Crippen LogP contribution in [0, 0.1) is 10.1 Å². The zero-order valence-corrected chi connectivity index (χ0v) is 12.8. The van der Waals surface area contributed by atoms with Crippen LogP contribution in [0.2, 0.25) is 0 Å². The first-order chi connectivity index (χ1) is 10.1. The van der Waals surface area contributed by atoms with E-state index in [0.29, 0.717) is 23.6 Å². The summed E-state index contributed by atoms with van der Waals surface area (Å²) in [6, 6.07) is 5.60. The van der Waals surface area contributed by atoms with Crippen molar-refractivity contribution in [3.05, 3.63) is 50.5 Å². The molecule has 1 aromatic heterocycles. The van der Waals surface area contributed by atoms with Crippen molar-refractivity contribution in [2.45, 2.75) is 32.0 Å². The van der Waals surface area contributed by atoms with Gasteiger partial charge in [0.15, 0.2) is 0 Å². The van der Waals surface area contributed by atoms with E-state index in [1.54, 1.807) is 10.7 Å². The van der Waals surface area contributed by atoms with Crippen molar-refractivity contribution in [1.29, 1.82) is 0 Å². The van der Waals surface area contributed by atoms with Crippen molar-refractivity contribution >= 4 is 21.6 Å². The molecule has 7 nitrogen and oxygen atoms in total. The van der Waals surface area contributed by atoms with Gasteiger partial charge < -0.3 is 5.32 Å². The summed E-state index contributed by atoms with van der Waals surface area (Å²) in [4.78, 5) is 14.8. The van der Waals surface area contributed by atoms with Crippen LogP contribution in [-0.2, 0) is 13.1 Å². The molecule has 1 N–H and O–H groups in total. The fourth-order valence-corrected chi connectivity index (χ4v) is 2.61. The van der Waals surface area contributed by atoms with Crippen molar-refractivity contribution < 1.29 is 4.92 Å². The number of rotatable bonds is 6. The molecule has 1 aliphatic carbocycles. The summed E-state index contributed by atoms with van der Waals surface area (Å²) < 4.78 is 2.26. The second-order valence-electron chi connectivity index (χ2n) is 5.00. The molecule has 21 heavy (non-hydrogen) atoms. The number of nitro benzene ring substituents is 1. The highest BCUT2D eigenvalue weighted by molar-refractivity contribution is 9.10. The SMILES string of the molecule is O=[N+]([O-])c1cccc(Cn2ncnc2CNC2CC2)c1Br. The molecule has 0 saturated heterocycles. The molecule has 0 unspecified atom stereocenters. The van der Waals surface area contributed by atoms with Gasteiger partial charge in [-0.3, -0.25) is 10.1 Å². The number of aromatic nitrogens is 3. The van der Waals surface area contributed by atoms with E-state index >= 15 is 0 Å². The molecule has 0 bridgehead atoms. The van der Waals surface area contributed by atoms with Crippen molar-refractivity contribution in [3.63, 3.8) is 0 Å². The lowest BCUT2D eigenvalue weighted by molar-refractivity contribution is -0.385. The van der Waals surface area contributed by atoms with Gasteiger partial charge in [-0.15, -0.1) is 0 Å². The fraction of sp³-hybridized carbons (Fsp3) is 0.385. The standard InChI is InChI=1S/C13H14BrN5O2/c14-13-9(2-1-3-11(13)19(20)21)7-18-12(16-8-17-18)6-15-10-4-5-10/h1-3,8,10,15H,4-7H2. The Morgan fingerprint density at radius 1 is 1.48 bits per heavy atom. The molecular formula is C13H14BrN5O2. The third kappa shape index (κ3) is 3.27. The van der Waals surface area contributed by atoms with Gasteiger partial charge in [-0.2, -0.15) is 5.10 Å². The monoisotopic (exact) mass is 351 g/mol. The number of hydrogen-bond acceptors (Lipinski definition) is 5. The Labute approximate surface area is 129 Å². The number of nitrogens with one attached hydrogen (secondary N) is 1. The lowest BCUT2D eigenvalue weighted by Crippen LogP contribution is -2.19. The predicted octanol–water partition coefficient (Wildman–Crippen LogP) is 2.25. The van der Waals surface area contributed by atoms with E-state index in [0.717, 1.165) is 11.4 Å². The number of nitrogens with zero attached hydrogens (tertiary/aromatic N) is 4. The molecule has 110 valence electrons. The van der Waals surface area contributed by atoms with E-state index in [-0.39, 0.29) is 5.69 Å². The maximum Gasteiger partial charge on any atom is 0.283 e. The maximum absolute atomic E-state index is 11.0. The van der Waals surface area contributed by atoms with Gasteiger partial charge in [0.2, 0.25) is 0 Å². The van der Waals surface area contributed by atoms with Crippen LogP contribution in [0.1, 0.15) is 24.2 Å². The van der Waals surface area contributed by atoms with Crippen LogP contribution in [0.3, 0.4) is 0 Å². The minimum atomic E-state index is -0.398. The summed E-state index contributed by atoms with van der Waals surface area (Å²) in [5, 5.41) is 18.5. The fourth-order valence-electron chi connectivity index (χ4n) is 2.07. The van der Waals surface area contributed by atoms with E-state index in [1.807, 2.05) is 6.07 Å². The molecule has 8 heteroatoms. The Balaban J connectivity index is 1.78. The second-order valence-corrected chi connectivity index (χ2v) is 5.79. The van der Waals surface area contributed by atoms with Crippen molar-refractivity contribution in [2.75, 3.05) is 0 Å². The summed E-state index contributed by atoms with van der Waals surface area (Å²) >= 11 is 3.31. The summed E-state index contributed by atoms with van der Waals surface area (Å²) in [7, 11) is 0. The van der Waals surface area contributed by atoms with E-state index in [4.69, 9.17) is 0 Å². The largest absolute Gasteiger partial charge is 0.307 e. The third-order valence-corrected chi connectivity index (χ3v) is 4.31. The summed E-state index contributed by atoms with van der Waals surface area (Å²) in [6.07, 6.45) is 3.93. The average Bonchev–Trinajstić information content (AvgIpc) is 3.18. The molecule has 1 fully saturated rings. The lowest BCUT2D eigenvalue weighted by atomic mass is 10.2. The van der Waals surface area contributed by atoms with Crippen molar-refractivity contribution in [3.8, 4) is 0 Å². The summed E-state index contributed by atoms with van der Waals surface area (Å²) in [5.74, 6) is 0.834. The molecule has 2 aromatic rings. The Morgan fingerprint density at radius 2 is 2.29 bits per heavy atom. The highest BCUT2D eigenvalue weighted by atomic mass is 79.9. The molecule has 0 amide bonds. The molecule has 0 radical (unpaired) electrons.